The fraction of sp³-hybridized carbons (Fsp3) is 0.941. The topological polar surface area (TPSA) is 50.1 Å². The molecule has 1 saturated heterocycles. The summed E-state index contributed by atoms with van der Waals surface area (Å²) in [6, 6.07) is 0. The molecule has 1 aromatic heterocycles. The zero-order valence-electron chi connectivity index (χ0n) is 15.8. The van der Waals surface area contributed by atoms with Crippen LogP contribution < -0.4 is 0 Å². The molecule has 1 fully saturated rings. The Balaban J connectivity index is 1.72. The summed E-state index contributed by atoms with van der Waals surface area (Å²) in [5, 5.41) is 13.0. The third-order valence-corrected chi connectivity index (χ3v) is 5.10. The molecule has 0 bridgehead atoms. The van der Waals surface area contributed by atoms with E-state index >= 15 is 0 Å². The smallest absolute Gasteiger partial charge is 0.180 e. The minimum absolute atomic E-state index is 0.0154. The van der Waals surface area contributed by atoms with Crippen molar-refractivity contribution in [1.82, 2.24) is 30.0 Å². The van der Waals surface area contributed by atoms with Gasteiger partial charge in [0.25, 0.3) is 0 Å². The van der Waals surface area contributed by atoms with Gasteiger partial charge in [0.05, 0.1) is 6.54 Å². The minimum atomic E-state index is 0.0154. The molecule has 132 valence electrons. The van der Waals surface area contributed by atoms with Crippen molar-refractivity contribution in [3.63, 3.8) is 0 Å². The van der Waals surface area contributed by atoms with Gasteiger partial charge < -0.3 is 4.90 Å². The maximum atomic E-state index is 4.55. The molecule has 0 amide bonds. The van der Waals surface area contributed by atoms with Crippen LogP contribution >= 0.6 is 0 Å². The van der Waals surface area contributed by atoms with Crippen molar-refractivity contribution in [2.75, 3.05) is 32.7 Å². The first-order valence-electron chi connectivity index (χ1n) is 8.98. The van der Waals surface area contributed by atoms with Crippen molar-refractivity contribution >= 4 is 0 Å². The van der Waals surface area contributed by atoms with Crippen LogP contribution in [0.25, 0.3) is 0 Å². The molecule has 0 N–H and O–H groups in total. The first kappa shape index (κ1) is 18.3. The van der Waals surface area contributed by atoms with Gasteiger partial charge in [0.2, 0.25) is 0 Å². The second-order valence-corrected chi connectivity index (χ2v) is 8.30. The van der Waals surface area contributed by atoms with E-state index in [0.29, 0.717) is 5.54 Å². The van der Waals surface area contributed by atoms with Crippen LogP contribution in [-0.2, 0) is 12.0 Å². The number of hydrogen-bond donors (Lipinski definition) is 0. The molecule has 0 aliphatic carbocycles. The van der Waals surface area contributed by atoms with E-state index in [0.717, 1.165) is 44.8 Å². The highest BCUT2D eigenvalue weighted by atomic mass is 15.6. The van der Waals surface area contributed by atoms with Gasteiger partial charge in [-0.2, -0.15) is 4.80 Å². The maximum absolute atomic E-state index is 4.55. The number of piperazine rings is 1. The number of hydrogen-bond acceptors (Lipinski definition) is 5. The summed E-state index contributed by atoms with van der Waals surface area (Å²) in [5.41, 5.74) is 0.306. The molecule has 1 aromatic rings. The average Bonchev–Trinajstić information content (AvgIpc) is 2.96. The van der Waals surface area contributed by atoms with Gasteiger partial charge in [0.15, 0.2) is 5.82 Å². The van der Waals surface area contributed by atoms with Crippen LogP contribution in [0.4, 0.5) is 0 Å². The van der Waals surface area contributed by atoms with Gasteiger partial charge in [-0.3, -0.25) is 4.90 Å². The fourth-order valence-corrected chi connectivity index (χ4v) is 2.84. The Bertz CT molecular complexity index is 480. The summed E-state index contributed by atoms with van der Waals surface area (Å²) in [5.74, 6) is 0.860. The molecule has 0 spiro atoms. The van der Waals surface area contributed by atoms with Crippen LogP contribution in [0, 0.1) is 0 Å². The number of aryl methyl sites for hydroxylation is 1. The van der Waals surface area contributed by atoms with Crippen LogP contribution in [0.1, 0.15) is 60.2 Å². The molecule has 0 unspecified atom stereocenters. The molecule has 2 rings (SSSR count). The number of nitrogens with zero attached hydrogens (tertiary/aromatic N) is 6. The van der Waals surface area contributed by atoms with Gasteiger partial charge in [0.1, 0.15) is 0 Å². The number of tetrazole rings is 1. The van der Waals surface area contributed by atoms with Crippen molar-refractivity contribution in [3.05, 3.63) is 5.82 Å². The monoisotopic (exact) mass is 322 g/mol. The van der Waals surface area contributed by atoms with E-state index in [1.807, 2.05) is 0 Å². The van der Waals surface area contributed by atoms with Crippen LogP contribution in [0.15, 0.2) is 0 Å². The molecular weight excluding hydrogens is 288 g/mol. The molecule has 6 nitrogen and oxygen atoms in total. The highest BCUT2D eigenvalue weighted by molar-refractivity contribution is 4.98. The van der Waals surface area contributed by atoms with Crippen LogP contribution in [-0.4, -0.2) is 68.3 Å². The first-order chi connectivity index (χ1) is 10.7. The predicted octanol–water partition coefficient (Wildman–Crippen LogP) is 2.17. The predicted molar refractivity (Wildman–Crippen MR) is 93.5 cm³/mol. The lowest BCUT2D eigenvalue weighted by Crippen LogP contribution is -2.53. The second-order valence-electron chi connectivity index (χ2n) is 8.30. The Labute approximate surface area is 141 Å². The van der Waals surface area contributed by atoms with Gasteiger partial charge in [-0.05, 0) is 38.8 Å². The van der Waals surface area contributed by atoms with E-state index in [1.165, 1.54) is 13.1 Å². The standard InChI is InChI=1S/C17H34N6/c1-7-17(5,6)15-18-20-23(19-15)10-8-9-21-11-13-22(14-12-21)16(2,3)4/h7-14H2,1-6H3. The summed E-state index contributed by atoms with van der Waals surface area (Å²) in [7, 11) is 0. The average molecular weight is 323 g/mol. The molecular formula is C17H34N6. The van der Waals surface area contributed by atoms with E-state index in [1.54, 1.807) is 4.80 Å². The van der Waals surface area contributed by atoms with Gasteiger partial charge >= 0.3 is 0 Å². The van der Waals surface area contributed by atoms with E-state index in [4.69, 9.17) is 0 Å². The van der Waals surface area contributed by atoms with Crippen LogP contribution in [0.3, 0.4) is 0 Å². The molecule has 0 aromatic carbocycles. The van der Waals surface area contributed by atoms with Gasteiger partial charge in [-0.25, -0.2) is 0 Å². The van der Waals surface area contributed by atoms with Crippen molar-refractivity contribution < 1.29 is 0 Å². The van der Waals surface area contributed by atoms with Gasteiger partial charge in [-0.1, -0.05) is 20.8 Å². The highest BCUT2D eigenvalue weighted by Gasteiger charge is 2.26. The first-order valence-corrected chi connectivity index (χ1v) is 8.98. The Hall–Kier alpha value is -1.01. The zero-order valence-corrected chi connectivity index (χ0v) is 15.8. The second kappa shape index (κ2) is 7.26. The fourth-order valence-electron chi connectivity index (χ4n) is 2.84. The Morgan fingerprint density at radius 1 is 0.957 bits per heavy atom. The van der Waals surface area contributed by atoms with Gasteiger partial charge in [-0.15, -0.1) is 10.2 Å². The summed E-state index contributed by atoms with van der Waals surface area (Å²) in [6.07, 6.45) is 2.11. The van der Waals surface area contributed by atoms with Crippen molar-refractivity contribution in [3.8, 4) is 0 Å². The van der Waals surface area contributed by atoms with Crippen molar-refractivity contribution in [2.45, 2.75) is 71.9 Å². The van der Waals surface area contributed by atoms with E-state index < -0.39 is 0 Å². The van der Waals surface area contributed by atoms with Crippen molar-refractivity contribution in [1.29, 1.82) is 0 Å². The molecule has 1 aliphatic heterocycles. The quantitative estimate of drug-likeness (QED) is 0.803. The largest absolute Gasteiger partial charge is 0.301 e. The lowest BCUT2D eigenvalue weighted by atomic mass is 9.90. The third-order valence-electron chi connectivity index (χ3n) is 5.10. The third kappa shape index (κ3) is 4.98. The van der Waals surface area contributed by atoms with Crippen LogP contribution in [0.5, 0.6) is 0 Å². The molecule has 0 atom stereocenters. The van der Waals surface area contributed by atoms with Gasteiger partial charge in [0, 0.05) is 43.7 Å². The lowest BCUT2D eigenvalue weighted by Gasteiger charge is -2.42. The zero-order chi connectivity index (χ0) is 17.1. The Morgan fingerprint density at radius 2 is 1.61 bits per heavy atom. The SMILES string of the molecule is CCC(C)(C)c1nnn(CCCN2CCN(C(C)(C)C)CC2)n1. The number of aromatic nitrogens is 4. The molecule has 1 aliphatic rings. The Morgan fingerprint density at radius 3 is 2.17 bits per heavy atom. The van der Waals surface area contributed by atoms with Crippen LogP contribution in [0.2, 0.25) is 0 Å². The van der Waals surface area contributed by atoms with E-state index in [2.05, 4.69) is 66.8 Å². The lowest BCUT2D eigenvalue weighted by molar-refractivity contribution is 0.0611. The normalized spacial score (nSPS) is 18.5. The summed E-state index contributed by atoms with van der Waals surface area (Å²) < 4.78 is 0. The molecule has 6 heteroatoms. The molecule has 0 saturated carbocycles. The summed E-state index contributed by atoms with van der Waals surface area (Å²) in [4.78, 5) is 6.88. The van der Waals surface area contributed by atoms with E-state index in [9.17, 15) is 0 Å². The molecule has 0 radical (unpaired) electrons. The highest BCUT2D eigenvalue weighted by Crippen LogP contribution is 2.22. The Kier molecular flexibility index (Phi) is 5.79. The molecule has 2 heterocycles. The molecule has 23 heavy (non-hydrogen) atoms. The van der Waals surface area contributed by atoms with Crippen molar-refractivity contribution in [2.24, 2.45) is 0 Å². The minimum Gasteiger partial charge on any atom is -0.301 e. The summed E-state index contributed by atoms with van der Waals surface area (Å²) >= 11 is 0. The van der Waals surface area contributed by atoms with E-state index in [-0.39, 0.29) is 5.41 Å². The number of rotatable bonds is 6. The maximum Gasteiger partial charge on any atom is 0.180 e. The summed E-state index contributed by atoms with van der Waals surface area (Å²) in [6.45, 7) is 20.0.